The topological polar surface area (TPSA) is 31.0 Å². The van der Waals surface area contributed by atoms with Crippen molar-refractivity contribution >= 4 is 0 Å². The Labute approximate surface area is 86.7 Å². The van der Waals surface area contributed by atoms with Crippen LogP contribution >= 0.6 is 0 Å². The minimum atomic E-state index is 0.404. The van der Waals surface area contributed by atoms with Crippen LogP contribution in [-0.2, 0) is 14.2 Å². The normalized spacial score (nSPS) is 22.3. The van der Waals surface area contributed by atoms with Crippen LogP contribution in [0.3, 0.4) is 0 Å². The van der Waals surface area contributed by atoms with E-state index in [0.717, 1.165) is 45.2 Å². The van der Waals surface area contributed by atoms with Crippen LogP contribution in [0.15, 0.2) is 0 Å². The first-order chi connectivity index (χ1) is 6.83. The van der Waals surface area contributed by atoms with Crippen molar-refractivity contribution in [3.8, 4) is 0 Å². The van der Waals surface area contributed by atoms with Crippen molar-refractivity contribution in [3.63, 3.8) is 0 Å². The second kappa shape index (κ2) is 7.21. The van der Waals surface area contributed by atoms with Gasteiger partial charge in [0.25, 0.3) is 0 Å². The number of hydrogen-bond donors (Lipinski definition) is 0. The molecule has 84 valence electrons. The maximum atomic E-state index is 5.46. The monoisotopic (exact) mass is 202 g/mol. The molecule has 0 aromatic heterocycles. The summed E-state index contributed by atoms with van der Waals surface area (Å²) < 4.78 is 15.5. The highest BCUT2D eigenvalue weighted by atomic mass is 16.6. The zero-order valence-corrected chi connectivity index (χ0v) is 9.33. The number of hydrogen-bond acceptors (Lipinski definition) is 3. The summed E-state index contributed by atoms with van der Waals surface area (Å²) in [5.41, 5.74) is 0. The van der Waals surface area contributed by atoms with Crippen LogP contribution in [0.5, 0.6) is 0 Å². The van der Waals surface area contributed by atoms with Gasteiger partial charge in [-0.1, -0.05) is 6.92 Å². The Hall–Kier alpha value is -0.120. The first kappa shape index (κ1) is 12.0. The molecule has 1 aliphatic rings. The van der Waals surface area contributed by atoms with Gasteiger partial charge in [0.15, 0.2) is 0 Å². The Morgan fingerprint density at radius 2 is 2.14 bits per heavy atom. The van der Waals surface area contributed by atoms with E-state index in [9.17, 15) is 0 Å². The lowest BCUT2D eigenvalue weighted by molar-refractivity contribution is 0.108. The van der Waals surface area contributed by atoms with Crippen LogP contribution in [0.4, 0.5) is 0 Å². The summed E-state index contributed by atoms with van der Waals surface area (Å²) in [5, 5.41) is 0. The Balaban J connectivity index is 1.77. The number of epoxide rings is 1. The van der Waals surface area contributed by atoms with Gasteiger partial charge in [-0.2, -0.15) is 0 Å². The quantitative estimate of drug-likeness (QED) is 0.422. The van der Waals surface area contributed by atoms with Crippen molar-refractivity contribution in [2.75, 3.05) is 33.5 Å². The molecular formula is C11H22O3. The summed E-state index contributed by atoms with van der Waals surface area (Å²) in [7, 11) is 1.76. The third kappa shape index (κ3) is 6.35. The SMILES string of the molecule is COCCC(C)CCCOCC1CO1. The van der Waals surface area contributed by atoms with Crippen molar-refractivity contribution in [1.29, 1.82) is 0 Å². The van der Waals surface area contributed by atoms with Crippen LogP contribution in [0.1, 0.15) is 26.2 Å². The van der Waals surface area contributed by atoms with E-state index < -0.39 is 0 Å². The number of rotatable bonds is 9. The van der Waals surface area contributed by atoms with E-state index in [1.54, 1.807) is 7.11 Å². The lowest BCUT2D eigenvalue weighted by atomic mass is 10.0. The van der Waals surface area contributed by atoms with Crippen molar-refractivity contribution in [2.45, 2.75) is 32.3 Å². The van der Waals surface area contributed by atoms with E-state index in [0.29, 0.717) is 6.10 Å². The lowest BCUT2D eigenvalue weighted by Gasteiger charge is -2.10. The Kier molecular flexibility index (Phi) is 6.15. The molecule has 2 unspecified atom stereocenters. The van der Waals surface area contributed by atoms with Gasteiger partial charge in [-0.15, -0.1) is 0 Å². The third-order valence-corrected chi connectivity index (χ3v) is 2.51. The average molecular weight is 202 g/mol. The molecule has 1 heterocycles. The molecule has 0 bridgehead atoms. The molecule has 0 amide bonds. The standard InChI is InChI=1S/C11H22O3/c1-10(5-7-12-2)4-3-6-13-8-11-9-14-11/h10-11H,3-9H2,1-2H3. The van der Waals surface area contributed by atoms with E-state index in [2.05, 4.69) is 6.92 Å². The minimum absolute atomic E-state index is 0.404. The first-order valence-electron chi connectivity index (χ1n) is 5.51. The second-order valence-electron chi connectivity index (χ2n) is 4.06. The van der Waals surface area contributed by atoms with Crippen LogP contribution in [0.2, 0.25) is 0 Å². The maximum Gasteiger partial charge on any atom is 0.104 e. The summed E-state index contributed by atoms with van der Waals surface area (Å²) in [6, 6.07) is 0. The molecule has 1 aliphatic heterocycles. The first-order valence-corrected chi connectivity index (χ1v) is 5.51. The van der Waals surface area contributed by atoms with Gasteiger partial charge in [0.05, 0.1) is 13.2 Å². The van der Waals surface area contributed by atoms with Crippen LogP contribution in [-0.4, -0.2) is 39.6 Å². The molecule has 2 atom stereocenters. The molecule has 0 saturated carbocycles. The highest BCUT2D eigenvalue weighted by molar-refractivity contribution is 4.67. The van der Waals surface area contributed by atoms with Gasteiger partial charge >= 0.3 is 0 Å². The largest absolute Gasteiger partial charge is 0.385 e. The molecule has 0 spiro atoms. The van der Waals surface area contributed by atoms with E-state index in [1.165, 1.54) is 6.42 Å². The highest BCUT2D eigenvalue weighted by Crippen LogP contribution is 2.12. The van der Waals surface area contributed by atoms with Gasteiger partial charge in [0.2, 0.25) is 0 Å². The molecule has 0 N–H and O–H groups in total. The molecule has 1 fully saturated rings. The molecule has 14 heavy (non-hydrogen) atoms. The van der Waals surface area contributed by atoms with E-state index in [4.69, 9.17) is 14.2 Å². The lowest BCUT2D eigenvalue weighted by Crippen LogP contribution is -2.05. The fourth-order valence-corrected chi connectivity index (χ4v) is 1.38. The van der Waals surface area contributed by atoms with Gasteiger partial charge in [-0.05, 0) is 25.2 Å². The summed E-state index contributed by atoms with van der Waals surface area (Å²) in [4.78, 5) is 0. The Morgan fingerprint density at radius 3 is 2.79 bits per heavy atom. The fraction of sp³-hybridized carbons (Fsp3) is 1.00. The van der Waals surface area contributed by atoms with Crippen LogP contribution in [0.25, 0.3) is 0 Å². The fourth-order valence-electron chi connectivity index (χ4n) is 1.38. The van der Waals surface area contributed by atoms with Gasteiger partial charge in [-0.25, -0.2) is 0 Å². The van der Waals surface area contributed by atoms with Crippen molar-refractivity contribution < 1.29 is 14.2 Å². The molecule has 3 nitrogen and oxygen atoms in total. The molecule has 1 rings (SSSR count). The summed E-state index contributed by atoms with van der Waals surface area (Å²) in [6.07, 6.45) is 3.94. The molecular weight excluding hydrogens is 180 g/mol. The third-order valence-electron chi connectivity index (χ3n) is 2.51. The van der Waals surface area contributed by atoms with Crippen LogP contribution < -0.4 is 0 Å². The summed E-state index contributed by atoms with van der Waals surface area (Å²) in [5.74, 6) is 0.746. The van der Waals surface area contributed by atoms with Gasteiger partial charge in [-0.3, -0.25) is 0 Å². The summed E-state index contributed by atoms with van der Waals surface area (Å²) >= 11 is 0. The Bertz CT molecular complexity index is 134. The van der Waals surface area contributed by atoms with E-state index >= 15 is 0 Å². The smallest absolute Gasteiger partial charge is 0.104 e. The second-order valence-corrected chi connectivity index (χ2v) is 4.06. The minimum Gasteiger partial charge on any atom is -0.385 e. The molecule has 0 aromatic carbocycles. The highest BCUT2D eigenvalue weighted by Gasteiger charge is 2.21. The molecule has 0 aliphatic carbocycles. The van der Waals surface area contributed by atoms with Gasteiger partial charge in [0, 0.05) is 20.3 Å². The zero-order valence-electron chi connectivity index (χ0n) is 9.33. The summed E-state index contributed by atoms with van der Waals surface area (Å²) in [6.45, 7) is 5.69. The molecule has 0 radical (unpaired) electrons. The maximum absolute atomic E-state index is 5.46. The van der Waals surface area contributed by atoms with E-state index in [1.807, 2.05) is 0 Å². The van der Waals surface area contributed by atoms with Crippen molar-refractivity contribution in [1.82, 2.24) is 0 Å². The zero-order chi connectivity index (χ0) is 10.2. The number of ether oxygens (including phenoxy) is 3. The van der Waals surface area contributed by atoms with Gasteiger partial charge in [0.1, 0.15) is 6.10 Å². The predicted molar refractivity (Wildman–Crippen MR) is 55.5 cm³/mol. The molecule has 1 saturated heterocycles. The van der Waals surface area contributed by atoms with E-state index in [-0.39, 0.29) is 0 Å². The van der Waals surface area contributed by atoms with Crippen LogP contribution in [0, 0.1) is 5.92 Å². The number of methoxy groups -OCH3 is 1. The predicted octanol–water partition coefficient (Wildman–Crippen LogP) is 1.85. The average Bonchev–Trinajstić information content (AvgIpc) is 2.98. The van der Waals surface area contributed by atoms with Crippen molar-refractivity contribution in [3.05, 3.63) is 0 Å². The van der Waals surface area contributed by atoms with Crippen molar-refractivity contribution in [2.24, 2.45) is 5.92 Å². The Morgan fingerprint density at radius 1 is 1.36 bits per heavy atom. The molecule has 0 aromatic rings. The van der Waals surface area contributed by atoms with Gasteiger partial charge < -0.3 is 14.2 Å². The molecule has 3 heteroatoms.